The maximum absolute atomic E-state index is 3.47. The van der Waals surface area contributed by atoms with Gasteiger partial charge >= 0.3 is 0 Å². The molecule has 0 nitrogen and oxygen atoms in total. The fraction of sp³-hybridized carbons (Fsp3) is 0.727. The molecule has 0 N–H and O–H groups in total. The molecule has 1 aromatic rings. The Hall–Kier alpha value is 0.703. The molecule has 3 rings (SSSR count). The Bertz CT molecular complexity index is 429. The molecule has 145 valence electrons. The summed E-state index contributed by atoms with van der Waals surface area (Å²) in [5, 5.41) is 1.52. The van der Waals surface area contributed by atoms with Crippen molar-refractivity contribution in [2.75, 3.05) is 18.5 Å². The Kier molecular flexibility index (Phi) is 12.3. The van der Waals surface area contributed by atoms with E-state index in [-0.39, 0.29) is 27.4 Å². The molecule has 2 aliphatic heterocycles. The average Bonchev–Trinajstić information content (AvgIpc) is 3.28. The number of rotatable bonds is 5. The zero-order valence-corrected chi connectivity index (χ0v) is 20.1. The molecule has 4 atom stereocenters. The molecule has 3 heteroatoms. The summed E-state index contributed by atoms with van der Waals surface area (Å²) in [4.78, 5) is 0. The summed E-state index contributed by atoms with van der Waals surface area (Å²) < 4.78 is 0. The van der Waals surface area contributed by atoms with E-state index in [2.05, 4.69) is 58.0 Å². The molecule has 0 amide bonds. The molecule has 0 saturated carbocycles. The predicted octanol–water partition coefficient (Wildman–Crippen LogP) is 6.86. The molecule has 2 fully saturated rings. The second-order valence-electron chi connectivity index (χ2n) is 7.31. The van der Waals surface area contributed by atoms with Crippen LogP contribution in [-0.2, 0) is 19.5 Å². The van der Waals surface area contributed by atoms with E-state index >= 15 is 0 Å². The molecule has 0 unspecified atom stereocenters. The van der Waals surface area contributed by atoms with Crippen LogP contribution in [0.1, 0.15) is 66.2 Å². The van der Waals surface area contributed by atoms with Crippen LogP contribution in [-0.4, -0.2) is 29.8 Å². The third kappa shape index (κ3) is 6.98. The van der Waals surface area contributed by atoms with Gasteiger partial charge in [-0.1, -0.05) is 42.0 Å². The smallest absolute Gasteiger partial charge is 0 e. The Morgan fingerprint density at radius 1 is 0.960 bits per heavy atom. The van der Waals surface area contributed by atoms with Gasteiger partial charge in [-0.3, -0.25) is 0 Å². The summed E-state index contributed by atoms with van der Waals surface area (Å²) in [5.41, 5.74) is 1.92. The minimum absolute atomic E-state index is 0. The normalized spacial score (nSPS) is 29.0. The molecule has 1 aromatic carbocycles. The summed E-state index contributed by atoms with van der Waals surface area (Å²) in [6, 6.07) is 12.1. The fourth-order valence-electron chi connectivity index (χ4n) is 4.23. The van der Waals surface area contributed by atoms with Crippen LogP contribution < -0.4 is 5.30 Å². The van der Waals surface area contributed by atoms with Crippen molar-refractivity contribution < 1.29 is 19.5 Å². The van der Waals surface area contributed by atoms with Crippen molar-refractivity contribution in [3.63, 3.8) is 0 Å². The molecule has 2 saturated heterocycles. The molecule has 1 radical (unpaired) electrons. The van der Waals surface area contributed by atoms with E-state index in [0.29, 0.717) is 7.92 Å². The van der Waals surface area contributed by atoms with Gasteiger partial charge in [-0.25, -0.2) is 0 Å². The van der Waals surface area contributed by atoms with Gasteiger partial charge < -0.3 is 0 Å². The third-order valence-corrected chi connectivity index (χ3v) is 12.4. The summed E-state index contributed by atoms with van der Waals surface area (Å²) in [5.74, 6) is 1.11. The Morgan fingerprint density at radius 3 is 2.04 bits per heavy atom. The van der Waals surface area contributed by atoms with Crippen LogP contribution in [0.25, 0.3) is 0 Å². The average molecular weight is 466 g/mol. The standard InChI is InChI=1S/C14H20P.C8H17P.Rh/c1-3-12-10-11-13(4-2)15(12)14-8-6-5-7-9-14;1-3-8-5-6-9(4-2)7-8;/h5-8,12-13H,3-4,10-11H2,1-2H3;8H,3-7H2,1-2H3;/q-1;;/t12-,13-;8-,9-;/m11./s1. The number of hydrogen-bond donors (Lipinski definition) is 0. The molecule has 2 aliphatic rings. The van der Waals surface area contributed by atoms with Crippen molar-refractivity contribution >= 4 is 21.1 Å². The van der Waals surface area contributed by atoms with Crippen LogP contribution in [0.2, 0.25) is 0 Å². The first kappa shape index (κ1) is 23.7. The molecule has 2 heterocycles. The first-order valence-corrected chi connectivity index (χ1v) is 13.6. The summed E-state index contributed by atoms with van der Waals surface area (Å²) in [6.07, 6.45) is 13.2. The first-order valence-electron chi connectivity index (χ1n) is 10.2. The molecule has 25 heavy (non-hydrogen) atoms. The van der Waals surface area contributed by atoms with Crippen molar-refractivity contribution in [1.82, 2.24) is 0 Å². The zero-order chi connectivity index (χ0) is 17.4. The maximum atomic E-state index is 3.47. The van der Waals surface area contributed by atoms with E-state index < -0.39 is 0 Å². The van der Waals surface area contributed by atoms with Crippen molar-refractivity contribution in [3.05, 3.63) is 30.3 Å². The largest absolute Gasteiger partial charge is 0.176 e. The van der Waals surface area contributed by atoms with E-state index in [1.54, 1.807) is 12.3 Å². The molecular formula is C22H37P2Rh-. The molecule has 0 bridgehead atoms. The van der Waals surface area contributed by atoms with Gasteiger partial charge in [0.1, 0.15) is 0 Å². The second-order valence-corrected chi connectivity index (χ2v) is 12.9. The fourth-order valence-corrected chi connectivity index (χ4v) is 10.4. The summed E-state index contributed by atoms with van der Waals surface area (Å²) >= 11 is 0. The van der Waals surface area contributed by atoms with Gasteiger partial charge in [-0.2, -0.15) is 30.3 Å². The van der Waals surface area contributed by atoms with E-state index in [9.17, 15) is 0 Å². The molecule has 0 spiro atoms. The second kappa shape index (κ2) is 13.0. The summed E-state index contributed by atoms with van der Waals surface area (Å²) in [6.45, 7) is 9.38. The Balaban J connectivity index is 0.000000270. The Labute approximate surface area is 172 Å². The van der Waals surface area contributed by atoms with Gasteiger partial charge in [0.05, 0.1) is 0 Å². The minimum Gasteiger partial charge on any atom is -0.176 e. The predicted molar refractivity (Wildman–Crippen MR) is 115 cm³/mol. The van der Waals surface area contributed by atoms with Crippen LogP contribution in [0.4, 0.5) is 0 Å². The molecule has 0 aliphatic carbocycles. The van der Waals surface area contributed by atoms with Crippen molar-refractivity contribution in [3.8, 4) is 0 Å². The first-order chi connectivity index (χ1) is 11.7. The zero-order valence-electron chi connectivity index (χ0n) is 16.6. The van der Waals surface area contributed by atoms with Crippen molar-refractivity contribution in [2.24, 2.45) is 5.92 Å². The van der Waals surface area contributed by atoms with Crippen LogP contribution in [0.15, 0.2) is 24.3 Å². The van der Waals surface area contributed by atoms with Gasteiger partial charge in [-0.05, 0) is 67.8 Å². The van der Waals surface area contributed by atoms with Gasteiger partial charge in [0.2, 0.25) is 0 Å². The quantitative estimate of drug-likeness (QED) is 0.253. The molecular weight excluding hydrogens is 429 g/mol. The monoisotopic (exact) mass is 466 g/mol. The van der Waals surface area contributed by atoms with Gasteiger partial charge in [0.25, 0.3) is 0 Å². The van der Waals surface area contributed by atoms with E-state index in [0.717, 1.165) is 17.2 Å². The maximum Gasteiger partial charge on any atom is 0 e. The van der Waals surface area contributed by atoms with Crippen LogP contribution in [0.3, 0.4) is 0 Å². The van der Waals surface area contributed by atoms with Gasteiger partial charge in [0.15, 0.2) is 0 Å². The molecule has 0 aromatic heterocycles. The van der Waals surface area contributed by atoms with Crippen molar-refractivity contribution in [1.29, 1.82) is 0 Å². The third-order valence-electron chi connectivity index (χ3n) is 5.93. The van der Waals surface area contributed by atoms with Crippen LogP contribution >= 0.6 is 15.8 Å². The van der Waals surface area contributed by atoms with E-state index in [1.165, 1.54) is 50.0 Å². The number of hydrogen-bond acceptors (Lipinski definition) is 0. The Morgan fingerprint density at radius 2 is 1.64 bits per heavy atom. The summed E-state index contributed by atoms with van der Waals surface area (Å²) in [7, 11) is 0.589. The van der Waals surface area contributed by atoms with Crippen molar-refractivity contribution in [2.45, 2.75) is 77.5 Å². The SMILES string of the molecule is CC[C@@H]1CC[C@@H](CC)P1c1[c-]cccc1.CC[C@@H]1CC[P@@](CC)C1.[Rh]. The number of benzene rings is 1. The van der Waals surface area contributed by atoms with E-state index in [1.807, 2.05) is 0 Å². The van der Waals surface area contributed by atoms with Crippen LogP contribution in [0, 0.1) is 12.0 Å². The minimum atomic E-state index is 0. The van der Waals surface area contributed by atoms with Crippen LogP contribution in [0.5, 0.6) is 0 Å². The van der Waals surface area contributed by atoms with Gasteiger partial charge in [0, 0.05) is 19.5 Å². The van der Waals surface area contributed by atoms with E-state index in [4.69, 9.17) is 0 Å². The van der Waals surface area contributed by atoms with Gasteiger partial charge in [-0.15, -0.1) is 13.2 Å². The topological polar surface area (TPSA) is 0 Å².